The van der Waals surface area contributed by atoms with E-state index in [0.717, 1.165) is 17.9 Å². The van der Waals surface area contributed by atoms with E-state index in [1.807, 2.05) is 18.0 Å². The highest BCUT2D eigenvalue weighted by molar-refractivity contribution is 6.33. The molecular weight excluding hydrogens is 258 g/mol. The van der Waals surface area contributed by atoms with Crippen LogP contribution >= 0.6 is 11.6 Å². The minimum atomic E-state index is 0.453. The normalized spacial score (nSPS) is 10.5. The summed E-state index contributed by atoms with van der Waals surface area (Å²) in [5, 5.41) is 0.637. The maximum Gasteiger partial charge on any atom is 0.147 e. The minimum absolute atomic E-state index is 0.453. The van der Waals surface area contributed by atoms with Gasteiger partial charge < -0.3 is 10.6 Å². The molecule has 0 amide bonds. The zero-order chi connectivity index (χ0) is 13.8. The molecule has 0 aliphatic rings. The van der Waals surface area contributed by atoms with Crippen LogP contribution in [0.3, 0.4) is 0 Å². The molecule has 3 nitrogen and oxygen atoms in total. The second-order valence-corrected chi connectivity index (χ2v) is 5.11. The lowest BCUT2D eigenvalue weighted by Crippen LogP contribution is -2.18. The van der Waals surface area contributed by atoms with Crippen molar-refractivity contribution in [1.29, 1.82) is 0 Å². The van der Waals surface area contributed by atoms with Crippen molar-refractivity contribution in [1.82, 2.24) is 4.98 Å². The Bertz CT molecular complexity index is 569. The van der Waals surface area contributed by atoms with Crippen LogP contribution < -0.4 is 10.6 Å². The molecule has 4 heteroatoms. The Kier molecular flexibility index (Phi) is 4.40. The Balaban J connectivity index is 2.18. The molecule has 0 saturated heterocycles. The van der Waals surface area contributed by atoms with Crippen LogP contribution in [0.15, 0.2) is 36.5 Å². The van der Waals surface area contributed by atoms with E-state index in [9.17, 15) is 0 Å². The summed E-state index contributed by atoms with van der Waals surface area (Å²) in [6.07, 6.45) is 1.77. The molecule has 1 heterocycles. The molecule has 0 radical (unpaired) electrons. The van der Waals surface area contributed by atoms with Gasteiger partial charge in [0.1, 0.15) is 5.82 Å². The average molecular weight is 276 g/mol. The Morgan fingerprint density at radius 1 is 1.26 bits per heavy atom. The first kappa shape index (κ1) is 13.8. The molecule has 0 aliphatic heterocycles. The van der Waals surface area contributed by atoms with E-state index in [1.165, 1.54) is 11.1 Å². The maximum absolute atomic E-state index is 6.24. The van der Waals surface area contributed by atoms with E-state index < -0.39 is 0 Å². The molecule has 0 fully saturated rings. The third-order valence-electron chi connectivity index (χ3n) is 2.98. The van der Waals surface area contributed by atoms with Gasteiger partial charge in [-0.25, -0.2) is 4.98 Å². The molecule has 2 N–H and O–H groups in total. The van der Waals surface area contributed by atoms with Crippen LogP contribution in [0.4, 0.5) is 5.82 Å². The lowest BCUT2D eigenvalue weighted by atomic mass is 10.1. The topological polar surface area (TPSA) is 42.2 Å². The van der Waals surface area contributed by atoms with Gasteiger partial charge >= 0.3 is 0 Å². The van der Waals surface area contributed by atoms with Gasteiger partial charge in [-0.05, 0) is 24.1 Å². The summed E-state index contributed by atoms with van der Waals surface area (Å²) in [7, 11) is 1.98. The Morgan fingerprint density at radius 3 is 2.68 bits per heavy atom. The molecule has 0 aliphatic carbocycles. The summed E-state index contributed by atoms with van der Waals surface area (Å²) in [6.45, 7) is 3.32. The fourth-order valence-electron chi connectivity index (χ4n) is 2.02. The van der Waals surface area contributed by atoms with Crippen molar-refractivity contribution in [3.63, 3.8) is 0 Å². The summed E-state index contributed by atoms with van der Waals surface area (Å²) in [4.78, 5) is 6.42. The lowest BCUT2D eigenvalue weighted by Gasteiger charge is -2.20. The van der Waals surface area contributed by atoms with E-state index in [4.69, 9.17) is 17.3 Å². The van der Waals surface area contributed by atoms with Crippen LogP contribution in [0, 0.1) is 6.92 Å². The number of nitrogens with two attached hydrogens (primary N) is 1. The number of hydrogen-bond donors (Lipinski definition) is 1. The highest BCUT2D eigenvalue weighted by atomic mass is 35.5. The van der Waals surface area contributed by atoms with E-state index in [0.29, 0.717) is 11.6 Å². The Hall–Kier alpha value is -1.58. The second kappa shape index (κ2) is 6.04. The molecule has 2 aromatic rings. The van der Waals surface area contributed by atoms with E-state index in [-0.39, 0.29) is 0 Å². The van der Waals surface area contributed by atoms with E-state index in [2.05, 4.69) is 36.2 Å². The van der Waals surface area contributed by atoms with E-state index in [1.54, 1.807) is 6.20 Å². The highest BCUT2D eigenvalue weighted by Crippen LogP contribution is 2.24. The fraction of sp³-hybridized carbons (Fsp3) is 0.267. The van der Waals surface area contributed by atoms with Crippen molar-refractivity contribution in [3.8, 4) is 0 Å². The summed E-state index contributed by atoms with van der Waals surface area (Å²) < 4.78 is 0. The third-order valence-corrected chi connectivity index (χ3v) is 3.26. The predicted octanol–water partition coefficient (Wildman–Crippen LogP) is 3.14. The number of benzene rings is 1. The Labute approximate surface area is 119 Å². The molecule has 0 unspecified atom stereocenters. The van der Waals surface area contributed by atoms with Crippen molar-refractivity contribution in [2.24, 2.45) is 5.73 Å². The van der Waals surface area contributed by atoms with Crippen molar-refractivity contribution < 1.29 is 0 Å². The van der Waals surface area contributed by atoms with Gasteiger partial charge in [0.05, 0.1) is 5.02 Å². The number of halogens is 1. The van der Waals surface area contributed by atoms with Gasteiger partial charge in [0.2, 0.25) is 0 Å². The molecular formula is C15H18ClN3. The number of nitrogens with zero attached hydrogens (tertiary/aromatic N) is 2. The molecule has 19 heavy (non-hydrogen) atoms. The standard InChI is InChI=1S/C15H18ClN3/c1-11-4-3-5-12(6-11)10-19(2)15-14(16)7-13(8-17)9-18-15/h3-7,9H,8,10,17H2,1-2H3. The molecule has 2 rings (SSSR count). The summed E-state index contributed by atoms with van der Waals surface area (Å²) in [5.41, 5.74) is 9.01. The van der Waals surface area contributed by atoms with Crippen LogP contribution in [-0.4, -0.2) is 12.0 Å². The van der Waals surface area contributed by atoms with Crippen LogP contribution in [0.25, 0.3) is 0 Å². The first-order chi connectivity index (χ1) is 9.10. The first-order valence-electron chi connectivity index (χ1n) is 6.21. The maximum atomic E-state index is 6.24. The van der Waals surface area contributed by atoms with Crippen molar-refractivity contribution >= 4 is 17.4 Å². The van der Waals surface area contributed by atoms with Crippen LogP contribution in [-0.2, 0) is 13.1 Å². The predicted molar refractivity (Wildman–Crippen MR) is 80.4 cm³/mol. The quantitative estimate of drug-likeness (QED) is 0.932. The number of aryl methyl sites for hydroxylation is 1. The summed E-state index contributed by atoms with van der Waals surface area (Å²) >= 11 is 6.24. The number of pyridine rings is 1. The molecule has 0 spiro atoms. The number of aromatic nitrogens is 1. The lowest BCUT2D eigenvalue weighted by molar-refractivity contribution is 0.892. The third kappa shape index (κ3) is 3.46. The fourth-order valence-corrected chi connectivity index (χ4v) is 2.36. The van der Waals surface area contributed by atoms with Crippen molar-refractivity contribution in [2.75, 3.05) is 11.9 Å². The summed E-state index contributed by atoms with van der Waals surface area (Å²) in [6, 6.07) is 10.3. The van der Waals surface area contributed by atoms with Crippen LogP contribution in [0.5, 0.6) is 0 Å². The summed E-state index contributed by atoms with van der Waals surface area (Å²) in [5.74, 6) is 0.778. The molecule has 0 atom stereocenters. The molecule has 0 bridgehead atoms. The first-order valence-corrected chi connectivity index (χ1v) is 6.59. The zero-order valence-electron chi connectivity index (χ0n) is 11.2. The number of anilines is 1. The smallest absolute Gasteiger partial charge is 0.147 e. The van der Waals surface area contributed by atoms with Crippen molar-refractivity contribution in [2.45, 2.75) is 20.0 Å². The molecule has 1 aromatic carbocycles. The van der Waals surface area contributed by atoms with Gasteiger partial charge in [-0.3, -0.25) is 0 Å². The van der Waals surface area contributed by atoms with Gasteiger partial charge in [0, 0.05) is 26.3 Å². The average Bonchev–Trinajstić information content (AvgIpc) is 2.38. The van der Waals surface area contributed by atoms with Gasteiger partial charge in [-0.15, -0.1) is 0 Å². The van der Waals surface area contributed by atoms with Gasteiger partial charge in [0.15, 0.2) is 0 Å². The minimum Gasteiger partial charge on any atom is -0.354 e. The highest BCUT2D eigenvalue weighted by Gasteiger charge is 2.09. The molecule has 1 aromatic heterocycles. The monoisotopic (exact) mass is 275 g/mol. The largest absolute Gasteiger partial charge is 0.354 e. The van der Waals surface area contributed by atoms with Crippen molar-refractivity contribution in [3.05, 3.63) is 58.2 Å². The van der Waals surface area contributed by atoms with E-state index >= 15 is 0 Å². The molecule has 100 valence electrons. The van der Waals surface area contributed by atoms with Gasteiger partial charge in [-0.1, -0.05) is 41.4 Å². The number of rotatable bonds is 4. The van der Waals surface area contributed by atoms with Gasteiger partial charge in [-0.2, -0.15) is 0 Å². The van der Waals surface area contributed by atoms with Crippen LogP contribution in [0.1, 0.15) is 16.7 Å². The zero-order valence-corrected chi connectivity index (χ0v) is 12.0. The second-order valence-electron chi connectivity index (χ2n) is 4.70. The molecule has 0 saturated carbocycles. The Morgan fingerprint density at radius 2 is 2.05 bits per heavy atom. The van der Waals surface area contributed by atoms with Gasteiger partial charge in [0.25, 0.3) is 0 Å². The SMILES string of the molecule is Cc1cccc(CN(C)c2ncc(CN)cc2Cl)c1. The number of hydrogen-bond acceptors (Lipinski definition) is 3. The van der Waals surface area contributed by atoms with Crippen LogP contribution in [0.2, 0.25) is 5.02 Å².